The second kappa shape index (κ2) is 4.96. The molecule has 2 aromatic carbocycles. The summed E-state index contributed by atoms with van der Waals surface area (Å²) >= 11 is 2.14. The van der Waals surface area contributed by atoms with Crippen molar-refractivity contribution in [2.75, 3.05) is 0 Å². The van der Waals surface area contributed by atoms with E-state index >= 15 is 0 Å². The first-order chi connectivity index (χ1) is 8.08. The average Bonchev–Trinajstić information content (AvgIpc) is 2.30. The third-order valence-corrected chi connectivity index (χ3v) is 3.46. The minimum absolute atomic E-state index is 0.0401. The van der Waals surface area contributed by atoms with Crippen molar-refractivity contribution >= 4 is 28.4 Å². The lowest BCUT2D eigenvalue weighted by Crippen LogP contribution is -1.96. The van der Waals surface area contributed by atoms with Crippen molar-refractivity contribution in [2.24, 2.45) is 0 Å². The van der Waals surface area contributed by atoms with Crippen molar-refractivity contribution in [3.63, 3.8) is 0 Å². The van der Waals surface area contributed by atoms with Crippen molar-refractivity contribution in [2.45, 2.75) is 6.92 Å². The molecule has 86 valence electrons. The molecule has 3 heteroatoms. The molecule has 0 saturated heterocycles. The summed E-state index contributed by atoms with van der Waals surface area (Å²) in [6.07, 6.45) is 0. The van der Waals surface area contributed by atoms with Gasteiger partial charge in [0, 0.05) is 9.13 Å². The fourth-order valence-electron chi connectivity index (χ4n) is 1.62. The molecule has 2 aromatic rings. The van der Waals surface area contributed by atoms with Gasteiger partial charge < -0.3 is 0 Å². The number of hydrogen-bond acceptors (Lipinski definition) is 1. The van der Waals surface area contributed by atoms with Gasteiger partial charge in [0.2, 0.25) is 0 Å². The molecule has 0 radical (unpaired) electrons. The minimum Gasteiger partial charge on any atom is -0.294 e. The highest BCUT2D eigenvalue weighted by Crippen LogP contribution is 2.24. The Bertz CT molecular complexity index is 561. The van der Waals surface area contributed by atoms with Crippen LogP contribution in [0.4, 0.5) is 4.39 Å². The fourth-order valence-corrected chi connectivity index (χ4v) is 2.33. The lowest BCUT2D eigenvalue weighted by atomic mass is 10.0. The van der Waals surface area contributed by atoms with Crippen molar-refractivity contribution < 1.29 is 9.18 Å². The Morgan fingerprint density at radius 2 is 1.65 bits per heavy atom. The van der Waals surface area contributed by atoms with Gasteiger partial charge in [-0.3, -0.25) is 4.79 Å². The molecule has 0 saturated carbocycles. The van der Waals surface area contributed by atoms with Crippen molar-refractivity contribution in [3.05, 3.63) is 57.4 Å². The predicted octanol–water partition coefficient (Wildman–Crippen LogP) is 4.30. The number of carbonyl (C=O) groups excluding carboxylic acids is 1. The van der Waals surface area contributed by atoms with Crippen LogP contribution in [0.3, 0.4) is 0 Å². The molecule has 0 fully saturated rings. The van der Waals surface area contributed by atoms with E-state index in [-0.39, 0.29) is 11.6 Å². The topological polar surface area (TPSA) is 17.1 Å². The van der Waals surface area contributed by atoms with Crippen LogP contribution >= 0.6 is 22.6 Å². The average molecular weight is 340 g/mol. The van der Waals surface area contributed by atoms with E-state index in [1.54, 1.807) is 19.1 Å². The van der Waals surface area contributed by atoms with Crippen LogP contribution in [0.2, 0.25) is 0 Å². The van der Waals surface area contributed by atoms with Crippen LogP contribution in [0.15, 0.2) is 42.5 Å². The Balaban J connectivity index is 2.50. The van der Waals surface area contributed by atoms with E-state index in [4.69, 9.17) is 0 Å². The summed E-state index contributed by atoms with van der Waals surface area (Å²) in [5, 5.41) is 0. The van der Waals surface area contributed by atoms with Gasteiger partial charge in [-0.15, -0.1) is 0 Å². The normalized spacial score (nSPS) is 10.3. The number of Topliss-reactive ketones (excluding diaryl/α,β-unsaturated/α-hetero) is 1. The molecule has 0 N–H and O–H groups in total. The zero-order valence-corrected chi connectivity index (χ0v) is 11.4. The number of ketones is 1. The molecule has 0 aliphatic rings. The molecular formula is C14H10FIO. The summed E-state index contributed by atoms with van der Waals surface area (Å²) in [4.78, 5) is 11.4. The molecule has 1 nitrogen and oxygen atoms in total. The number of halogens is 2. The molecule has 0 aromatic heterocycles. The molecule has 0 aliphatic carbocycles. The smallest absolute Gasteiger partial charge is 0.160 e. The molecule has 0 aliphatic heterocycles. The molecular weight excluding hydrogens is 330 g/mol. The molecule has 17 heavy (non-hydrogen) atoms. The SMILES string of the molecule is CC(=O)c1cc(-c2ccc(F)cc2)ccc1I. The first-order valence-electron chi connectivity index (χ1n) is 5.14. The van der Waals surface area contributed by atoms with Crippen molar-refractivity contribution in [3.8, 4) is 11.1 Å². The van der Waals surface area contributed by atoms with Gasteiger partial charge in [0.05, 0.1) is 0 Å². The third kappa shape index (κ3) is 2.72. The van der Waals surface area contributed by atoms with Crippen molar-refractivity contribution in [1.29, 1.82) is 0 Å². The Kier molecular flexibility index (Phi) is 3.57. The first kappa shape index (κ1) is 12.2. The van der Waals surface area contributed by atoms with E-state index in [1.807, 2.05) is 18.2 Å². The van der Waals surface area contributed by atoms with Crippen LogP contribution in [-0.2, 0) is 0 Å². The van der Waals surface area contributed by atoms with Crippen LogP contribution in [0.5, 0.6) is 0 Å². The van der Waals surface area contributed by atoms with Gasteiger partial charge in [-0.25, -0.2) is 4.39 Å². The van der Waals surface area contributed by atoms with Gasteiger partial charge in [-0.05, 0) is 64.9 Å². The van der Waals surface area contributed by atoms with Gasteiger partial charge in [-0.2, -0.15) is 0 Å². The van der Waals surface area contributed by atoms with Gasteiger partial charge in [0.1, 0.15) is 5.82 Å². The molecule has 0 unspecified atom stereocenters. The maximum atomic E-state index is 12.8. The molecule has 0 atom stereocenters. The summed E-state index contributed by atoms with van der Waals surface area (Å²) in [5.41, 5.74) is 2.54. The van der Waals surface area contributed by atoms with Crippen LogP contribution in [0.25, 0.3) is 11.1 Å². The zero-order valence-electron chi connectivity index (χ0n) is 9.21. The van der Waals surface area contributed by atoms with E-state index in [9.17, 15) is 9.18 Å². The van der Waals surface area contributed by atoms with Gasteiger partial charge >= 0.3 is 0 Å². The summed E-state index contributed by atoms with van der Waals surface area (Å²) in [6.45, 7) is 1.55. The summed E-state index contributed by atoms with van der Waals surface area (Å²) in [5.74, 6) is -0.218. The van der Waals surface area contributed by atoms with Crippen LogP contribution in [0.1, 0.15) is 17.3 Å². The Morgan fingerprint density at radius 3 is 2.24 bits per heavy atom. The molecule has 0 spiro atoms. The highest BCUT2D eigenvalue weighted by atomic mass is 127. The monoisotopic (exact) mass is 340 g/mol. The Morgan fingerprint density at radius 1 is 1.06 bits per heavy atom. The van der Waals surface area contributed by atoms with E-state index < -0.39 is 0 Å². The highest BCUT2D eigenvalue weighted by Gasteiger charge is 2.07. The largest absolute Gasteiger partial charge is 0.294 e. The van der Waals surface area contributed by atoms with Crippen LogP contribution < -0.4 is 0 Å². The van der Waals surface area contributed by atoms with E-state index in [2.05, 4.69) is 22.6 Å². The van der Waals surface area contributed by atoms with Gasteiger partial charge in [0.15, 0.2) is 5.78 Å². The minimum atomic E-state index is -0.258. The van der Waals surface area contributed by atoms with Crippen LogP contribution in [0, 0.1) is 9.39 Å². The molecule has 0 amide bonds. The van der Waals surface area contributed by atoms with E-state index in [0.29, 0.717) is 5.56 Å². The maximum Gasteiger partial charge on any atom is 0.160 e. The number of hydrogen-bond donors (Lipinski definition) is 0. The van der Waals surface area contributed by atoms with Crippen LogP contribution in [-0.4, -0.2) is 5.78 Å². The Labute approximate surface area is 113 Å². The predicted molar refractivity (Wildman–Crippen MR) is 74.6 cm³/mol. The van der Waals surface area contributed by atoms with E-state index in [1.165, 1.54) is 12.1 Å². The van der Waals surface area contributed by atoms with Gasteiger partial charge in [-0.1, -0.05) is 18.2 Å². The lowest BCUT2D eigenvalue weighted by Gasteiger charge is -2.05. The highest BCUT2D eigenvalue weighted by molar-refractivity contribution is 14.1. The summed E-state index contributed by atoms with van der Waals surface area (Å²) < 4.78 is 13.8. The number of benzene rings is 2. The number of rotatable bonds is 2. The van der Waals surface area contributed by atoms with Crippen molar-refractivity contribution in [1.82, 2.24) is 0 Å². The molecule has 0 heterocycles. The Hall–Kier alpha value is -1.23. The standard InChI is InChI=1S/C14H10FIO/c1-9(17)13-8-11(4-7-14(13)16)10-2-5-12(15)6-3-10/h2-8H,1H3. The van der Waals surface area contributed by atoms with E-state index in [0.717, 1.165) is 14.7 Å². The second-order valence-corrected chi connectivity index (χ2v) is 4.92. The van der Waals surface area contributed by atoms with Gasteiger partial charge in [0.25, 0.3) is 0 Å². The maximum absolute atomic E-state index is 12.8. The number of carbonyl (C=O) groups is 1. The molecule has 0 bridgehead atoms. The quantitative estimate of drug-likeness (QED) is 0.589. The summed E-state index contributed by atoms with van der Waals surface area (Å²) in [6, 6.07) is 11.9. The molecule has 2 rings (SSSR count). The first-order valence-corrected chi connectivity index (χ1v) is 6.22. The second-order valence-electron chi connectivity index (χ2n) is 3.76. The third-order valence-electron chi connectivity index (χ3n) is 2.52. The zero-order chi connectivity index (χ0) is 12.4. The summed E-state index contributed by atoms with van der Waals surface area (Å²) in [7, 11) is 0. The lowest BCUT2D eigenvalue weighted by molar-refractivity contribution is 0.101. The fraction of sp³-hybridized carbons (Fsp3) is 0.0714.